The number of carbonyl (C=O) groups excluding carboxylic acids is 1. The Balaban J connectivity index is 2.67. The summed E-state index contributed by atoms with van der Waals surface area (Å²) in [7, 11) is 0. The zero-order chi connectivity index (χ0) is 15.0. The zero-order valence-corrected chi connectivity index (χ0v) is 12.3. The van der Waals surface area contributed by atoms with Gasteiger partial charge in [0.25, 0.3) is 0 Å². The minimum Gasteiger partial charge on any atom is -0.448 e. The quantitative estimate of drug-likeness (QED) is 0.629. The molecule has 0 saturated carbocycles. The lowest BCUT2D eigenvalue weighted by Gasteiger charge is -2.12. The Labute approximate surface area is 119 Å². The van der Waals surface area contributed by atoms with Gasteiger partial charge >= 0.3 is 6.09 Å². The van der Waals surface area contributed by atoms with Gasteiger partial charge in [-0.15, -0.1) is 0 Å². The Hall–Kier alpha value is -2.05. The average molecular weight is 281 g/mol. The minimum atomic E-state index is -0.775. The van der Waals surface area contributed by atoms with E-state index in [0.717, 1.165) is 24.6 Å². The number of amides is 1. The summed E-state index contributed by atoms with van der Waals surface area (Å²) >= 11 is 0. The molecule has 7 nitrogen and oxygen atoms in total. The van der Waals surface area contributed by atoms with Crippen molar-refractivity contribution in [2.24, 2.45) is 5.73 Å². The van der Waals surface area contributed by atoms with Crippen molar-refractivity contribution in [3.05, 3.63) is 11.9 Å². The maximum absolute atomic E-state index is 10.5. The van der Waals surface area contributed by atoms with Crippen LogP contribution in [0.4, 0.5) is 16.4 Å². The fourth-order valence-electron chi connectivity index (χ4n) is 1.49. The SMILES string of the molecule is CCCNc1cc(NCCOC(N)=O)nc(C(C)C)n1. The molecule has 1 aromatic rings. The van der Waals surface area contributed by atoms with Gasteiger partial charge in [0.2, 0.25) is 0 Å². The summed E-state index contributed by atoms with van der Waals surface area (Å²) in [5.74, 6) is 2.50. The van der Waals surface area contributed by atoms with Crippen molar-refractivity contribution in [1.82, 2.24) is 9.97 Å². The van der Waals surface area contributed by atoms with Gasteiger partial charge in [-0.05, 0) is 6.42 Å². The average Bonchev–Trinajstić information content (AvgIpc) is 2.41. The first-order valence-electron chi connectivity index (χ1n) is 6.81. The summed E-state index contributed by atoms with van der Waals surface area (Å²) in [6.45, 7) is 7.69. The number of anilines is 2. The van der Waals surface area contributed by atoms with Crippen LogP contribution in [0.15, 0.2) is 6.07 Å². The van der Waals surface area contributed by atoms with Crippen LogP contribution in [0.5, 0.6) is 0 Å². The van der Waals surface area contributed by atoms with Gasteiger partial charge < -0.3 is 21.1 Å². The highest BCUT2D eigenvalue weighted by molar-refractivity contribution is 5.64. The summed E-state index contributed by atoms with van der Waals surface area (Å²) < 4.78 is 4.65. The topological polar surface area (TPSA) is 102 Å². The Morgan fingerprint density at radius 2 is 1.90 bits per heavy atom. The molecule has 1 aromatic heterocycles. The molecule has 0 atom stereocenters. The van der Waals surface area contributed by atoms with E-state index in [1.807, 2.05) is 19.9 Å². The second-order valence-corrected chi connectivity index (χ2v) is 4.67. The Morgan fingerprint density at radius 1 is 1.30 bits per heavy atom. The van der Waals surface area contributed by atoms with Gasteiger partial charge in [-0.1, -0.05) is 20.8 Å². The first kappa shape index (κ1) is 16.0. The summed E-state index contributed by atoms with van der Waals surface area (Å²) in [6, 6.07) is 1.84. The molecule has 0 aromatic carbocycles. The third kappa shape index (κ3) is 5.73. The number of rotatable bonds is 8. The fraction of sp³-hybridized carbons (Fsp3) is 0.615. The lowest BCUT2D eigenvalue weighted by molar-refractivity contribution is 0.161. The van der Waals surface area contributed by atoms with Crippen molar-refractivity contribution >= 4 is 17.7 Å². The van der Waals surface area contributed by atoms with Crippen molar-refractivity contribution < 1.29 is 9.53 Å². The smallest absolute Gasteiger partial charge is 0.404 e. The van der Waals surface area contributed by atoms with E-state index in [9.17, 15) is 4.79 Å². The van der Waals surface area contributed by atoms with E-state index in [-0.39, 0.29) is 12.5 Å². The molecule has 0 spiro atoms. The predicted octanol–water partition coefficient (Wildman–Crippen LogP) is 1.93. The number of hydrogen-bond donors (Lipinski definition) is 3. The molecule has 7 heteroatoms. The fourth-order valence-corrected chi connectivity index (χ4v) is 1.49. The summed E-state index contributed by atoms with van der Waals surface area (Å²) in [5, 5.41) is 6.33. The Kier molecular flexibility index (Phi) is 6.55. The van der Waals surface area contributed by atoms with Crippen molar-refractivity contribution in [3.8, 4) is 0 Å². The van der Waals surface area contributed by atoms with Crippen LogP contribution in [0.3, 0.4) is 0 Å². The highest BCUT2D eigenvalue weighted by Crippen LogP contribution is 2.16. The molecule has 1 heterocycles. The number of carbonyl (C=O) groups is 1. The molecule has 0 saturated heterocycles. The number of aromatic nitrogens is 2. The van der Waals surface area contributed by atoms with E-state index < -0.39 is 6.09 Å². The van der Waals surface area contributed by atoms with Gasteiger partial charge in [0.05, 0.1) is 6.54 Å². The van der Waals surface area contributed by atoms with Crippen LogP contribution in [-0.2, 0) is 4.74 Å². The van der Waals surface area contributed by atoms with Crippen molar-refractivity contribution in [1.29, 1.82) is 0 Å². The molecule has 0 radical (unpaired) electrons. The van der Waals surface area contributed by atoms with Gasteiger partial charge in [-0.25, -0.2) is 14.8 Å². The largest absolute Gasteiger partial charge is 0.448 e. The molecule has 0 aliphatic rings. The first-order chi connectivity index (χ1) is 9.52. The summed E-state index contributed by atoms with van der Waals surface area (Å²) in [5.41, 5.74) is 4.89. The maximum Gasteiger partial charge on any atom is 0.404 e. The van der Waals surface area contributed by atoms with Crippen LogP contribution in [0.1, 0.15) is 38.9 Å². The molecule has 20 heavy (non-hydrogen) atoms. The van der Waals surface area contributed by atoms with Crippen molar-refractivity contribution in [3.63, 3.8) is 0 Å². The van der Waals surface area contributed by atoms with Gasteiger partial charge in [-0.2, -0.15) is 0 Å². The number of nitrogens with one attached hydrogen (secondary N) is 2. The summed E-state index contributed by atoms with van der Waals surface area (Å²) in [6.07, 6.45) is 0.249. The Bertz CT molecular complexity index is 437. The zero-order valence-electron chi connectivity index (χ0n) is 12.3. The number of ether oxygens (including phenoxy) is 1. The molecule has 0 unspecified atom stereocenters. The third-order valence-electron chi connectivity index (χ3n) is 2.47. The molecule has 0 bridgehead atoms. The van der Waals surface area contributed by atoms with Gasteiger partial charge in [0.1, 0.15) is 24.1 Å². The van der Waals surface area contributed by atoms with Crippen LogP contribution in [0, 0.1) is 0 Å². The molecule has 1 amide bonds. The number of nitrogens with zero attached hydrogens (tertiary/aromatic N) is 2. The van der Waals surface area contributed by atoms with E-state index in [1.54, 1.807) is 0 Å². The van der Waals surface area contributed by atoms with Gasteiger partial charge in [0.15, 0.2) is 0 Å². The predicted molar refractivity (Wildman–Crippen MR) is 78.9 cm³/mol. The molecule has 0 fully saturated rings. The highest BCUT2D eigenvalue weighted by Gasteiger charge is 2.07. The van der Waals surface area contributed by atoms with Crippen LogP contribution in [0.25, 0.3) is 0 Å². The van der Waals surface area contributed by atoms with E-state index in [0.29, 0.717) is 12.4 Å². The van der Waals surface area contributed by atoms with Crippen LogP contribution in [-0.4, -0.2) is 35.8 Å². The normalized spacial score (nSPS) is 10.4. The third-order valence-corrected chi connectivity index (χ3v) is 2.47. The van der Waals surface area contributed by atoms with Crippen molar-refractivity contribution in [2.75, 3.05) is 30.3 Å². The molecule has 0 aliphatic heterocycles. The Morgan fingerprint density at radius 3 is 2.40 bits per heavy atom. The van der Waals surface area contributed by atoms with Crippen LogP contribution < -0.4 is 16.4 Å². The second-order valence-electron chi connectivity index (χ2n) is 4.67. The second kappa shape index (κ2) is 8.19. The lowest BCUT2D eigenvalue weighted by atomic mass is 10.2. The number of primary amides is 1. The molecule has 1 rings (SSSR count). The van der Waals surface area contributed by atoms with Crippen LogP contribution >= 0.6 is 0 Å². The van der Waals surface area contributed by atoms with Crippen molar-refractivity contribution in [2.45, 2.75) is 33.1 Å². The highest BCUT2D eigenvalue weighted by atomic mass is 16.5. The number of nitrogens with two attached hydrogens (primary N) is 1. The van der Waals surface area contributed by atoms with E-state index in [1.165, 1.54) is 0 Å². The summed E-state index contributed by atoms with van der Waals surface area (Å²) in [4.78, 5) is 19.3. The van der Waals surface area contributed by atoms with E-state index in [2.05, 4.69) is 32.3 Å². The van der Waals surface area contributed by atoms with Gasteiger partial charge in [0, 0.05) is 18.5 Å². The van der Waals surface area contributed by atoms with E-state index >= 15 is 0 Å². The molecule has 0 aliphatic carbocycles. The monoisotopic (exact) mass is 281 g/mol. The molecule has 112 valence electrons. The molecular weight excluding hydrogens is 258 g/mol. The standard InChI is InChI=1S/C13H23N5O2/c1-4-5-15-10-8-11(16-6-7-20-13(14)19)18-12(17-10)9(2)3/h8-9H,4-7H2,1-3H3,(H2,14,19)(H2,15,16,17,18). The molecular formula is C13H23N5O2. The molecule has 4 N–H and O–H groups in total. The first-order valence-corrected chi connectivity index (χ1v) is 6.81. The van der Waals surface area contributed by atoms with Gasteiger partial charge in [-0.3, -0.25) is 0 Å². The maximum atomic E-state index is 10.5. The van der Waals surface area contributed by atoms with E-state index in [4.69, 9.17) is 5.73 Å². The van der Waals surface area contributed by atoms with Crippen LogP contribution in [0.2, 0.25) is 0 Å². The lowest BCUT2D eigenvalue weighted by Crippen LogP contribution is -2.19. The number of hydrogen-bond acceptors (Lipinski definition) is 6. The minimum absolute atomic E-state index is 0.202.